The number of carbonyl (C=O) groups is 1. The molecule has 2 heterocycles. The maximum absolute atomic E-state index is 12.9. The van der Waals surface area contributed by atoms with E-state index in [-0.39, 0.29) is 11.3 Å². The van der Waals surface area contributed by atoms with Crippen LogP contribution < -0.4 is 0 Å². The summed E-state index contributed by atoms with van der Waals surface area (Å²) in [6.07, 6.45) is 1.66. The van der Waals surface area contributed by atoms with Gasteiger partial charge in [-0.2, -0.15) is 0 Å². The third-order valence-corrected chi connectivity index (χ3v) is 5.40. The molecule has 1 aliphatic rings. The number of carbonyl (C=O) groups excluding carboxylic acids is 1. The molecule has 4 heteroatoms. The standard InChI is InChI=1S/C20H17NO2S/c22-19(21-12-14-24-20(21)18-7-4-13-23-18)17-10-8-16(9-11-17)15-5-2-1-3-6-15/h1-11,13,20H,12,14H2/t20-/m0/s1. The van der Waals surface area contributed by atoms with Crippen LogP contribution in [0.3, 0.4) is 0 Å². The van der Waals surface area contributed by atoms with E-state index in [1.807, 2.05) is 59.5 Å². The Bertz CT molecular complexity index is 813. The highest BCUT2D eigenvalue weighted by molar-refractivity contribution is 7.99. The van der Waals surface area contributed by atoms with Crippen LogP contribution in [0.1, 0.15) is 21.5 Å². The fourth-order valence-electron chi connectivity index (χ4n) is 2.95. The SMILES string of the molecule is O=C(c1ccc(-c2ccccc2)cc1)N1CCS[C@H]1c1ccco1. The quantitative estimate of drug-likeness (QED) is 0.687. The number of hydrogen-bond acceptors (Lipinski definition) is 3. The van der Waals surface area contributed by atoms with Crippen molar-refractivity contribution in [3.63, 3.8) is 0 Å². The molecule has 0 unspecified atom stereocenters. The molecule has 0 N–H and O–H groups in total. The molecule has 4 rings (SSSR count). The van der Waals surface area contributed by atoms with Gasteiger partial charge in [-0.05, 0) is 35.4 Å². The van der Waals surface area contributed by atoms with Crippen molar-refractivity contribution in [2.45, 2.75) is 5.37 Å². The lowest BCUT2D eigenvalue weighted by Crippen LogP contribution is -2.30. The number of thioether (sulfide) groups is 1. The van der Waals surface area contributed by atoms with Crippen LogP contribution in [0.2, 0.25) is 0 Å². The number of nitrogens with zero attached hydrogens (tertiary/aromatic N) is 1. The average Bonchev–Trinajstić information content (AvgIpc) is 3.33. The predicted molar refractivity (Wildman–Crippen MR) is 96.8 cm³/mol. The molecule has 3 aromatic rings. The monoisotopic (exact) mass is 335 g/mol. The summed E-state index contributed by atoms with van der Waals surface area (Å²) < 4.78 is 5.50. The van der Waals surface area contributed by atoms with Crippen LogP contribution in [0.4, 0.5) is 0 Å². The molecule has 0 saturated carbocycles. The molecule has 0 spiro atoms. The molecule has 24 heavy (non-hydrogen) atoms. The minimum atomic E-state index is -0.0266. The Morgan fingerprint density at radius 2 is 1.71 bits per heavy atom. The van der Waals surface area contributed by atoms with Crippen LogP contribution in [0, 0.1) is 0 Å². The van der Waals surface area contributed by atoms with Crippen LogP contribution in [0.5, 0.6) is 0 Å². The van der Waals surface area contributed by atoms with Crippen LogP contribution in [-0.4, -0.2) is 23.1 Å². The summed E-state index contributed by atoms with van der Waals surface area (Å²) >= 11 is 1.74. The predicted octanol–water partition coefficient (Wildman–Crippen LogP) is 4.83. The molecule has 1 atom stereocenters. The Kier molecular flexibility index (Phi) is 4.13. The second-order valence-electron chi connectivity index (χ2n) is 5.68. The minimum absolute atomic E-state index is 0.0266. The zero-order valence-electron chi connectivity index (χ0n) is 13.1. The molecule has 1 aliphatic heterocycles. The van der Waals surface area contributed by atoms with Crippen LogP contribution in [0.25, 0.3) is 11.1 Å². The van der Waals surface area contributed by atoms with Crippen molar-refractivity contribution in [1.29, 1.82) is 0 Å². The third kappa shape index (κ3) is 2.85. The summed E-state index contributed by atoms with van der Waals surface area (Å²) in [5.74, 6) is 1.83. The highest BCUT2D eigenvalue weighted by atomic mass is 32.2. The van der Waals surface area contributed by atoms with Gasteiger partial charge in [-0.1, -0.05) is 42.5 Å². The van der Waals surface area contributed by atoms with Crippen molar-refractivity contribution in [2.75, 3.05) is 12.3 Å². The van der Waals surface area contributed by atoms with E-state index in [0.29, 0.717) is 5.56 Å². The van der Waals surface area contributed by atoms with Gasteiger partial charge in [0.05, 0.1) is 6.26 Å². The zero-order chi connectivity index (χ0) is 16.4. The molecule has 0 radical (unpaired) electrons. The van der Waals surface area contributed by atoms with E-state index in [1.165, 1.54) is 0 Å². The van der Waals surface area contributed by atoms with E-state index in [9.17, 15) is 4.79 Å². The first-order valence-electron chi connectivity index (χ1n) is 7.94. The molecular weight excluding hydrogens is 318 g/mol. The fraction of sp³-hybridized carbons (Fsp3) is 0.150. The molecule has 1 aromatic heterocycles. The van der Waals surface area contributed by atoms with E-state index in [4.69, 9.17) is 4.42 Å². The van der Waals surface area contributed by atoms with Gasteiger partial charge in [-0.3, -0.25) is 4.79 Å². The van der Waals surface area contributed by atoms with Gasteiger partial charge in [-0.15, -0.1) is 11.8 Å². The first-order chi connectivity index (χ1) is 11.8. The van der Waals surface area contributed by atoms with Gasteiger partial charge >= 0.3 is 0 Å². The largest absolute Gasteiger partial charge is 0.466 e. The lowest BCUT2D eigenvalue weighted by molar-refractivity contribution is 0.0749. The van der Waals surface area contributed by atoms with Gasteiger partial charge in [0.25, 0.3) is 5.91 Å². The Hall–Kier alpha value is -2.46. The summed E-state index contributed by atoms with van der Waals surface area (Å²) in [6, 6.07) is 21.8. The van der Waals surface area contributed by atoms with Crippen LogP contribution in [-0.2, 0) is 0 Å². The lowest BCUT2D eigenvalue weighted by Gasteiger charge is -2.22. The second kappa shape index (κ2) is 6.57. The number of amides is 1. The van der Waals surface area contributed by atoms with Crippen molar-refractivity contribution in [1.82, 2.24) is 4.90 Å². The molecule has 3 nitrogen and oxygen atoms in total. The lowest BCUT2D eigenvalue weighted by atomic mass is 10.0. The van der Waals surface area contributed by atoms with Crippen molar-refractivity contribution in [2.24, 2.45) is 0 Å². The first-order valence-corrected chi connectivity index (χ1v) is 8.99. The number of hydrogen-bond donors (Lipinski definition) is 0. The van der Waals surface area contributed by atoms with Crippen molar-refractivity contribution < 1.29 is 9.21 Å². The molecule has 2 aromatic carbocycles. The number of furan rings is 1. The smallest absolute Gasteiger partial charge is 0.255 e. The third-order valence-electron chi connectivity index (χ3n) is 4.18. The first kappa shape index (κ1) is 15.1. The van der Waals surface area contributed by atoms with Crippen molar-refractivity contribution >= 4 is 17.7 Å². The maximum Gasteiger partial charge on any atom is 0.255 e. The average molecular weight is 335 g/mol. The Morgan fingerprint density at radius 3 is 2.42 bits per heavy atom. The molecule has 0 bridgehead atoms. The summed E-state index contributed by atoms with van der Waals surface area (Å²) in [4.78, 5) is 14.8. The molecular formula is C20H17NO2S. The van der Waals surface area contributed by atoms with Gasteiger partial charge in [0.15, 0.2) is 0 Å². The molecule has 1 fully saturated rings. The Labute approximate surface area is 145 Å². The van der Waals surface area contributed by atoms with Crippen LogP contribution >= 0.6 is 11.8 Å². The Balaban J connectivity index is 1.56. The molecule has 1 saturated heterocycles. The minimum Gasteiger partial charge on any atom is -0.466 e. The summed E-state index contributed by atoms with van der Waals surface area (Å²) in [5, 5.41) is -0.0266. The normalized spacial score (nSPS) is 17.2. The summed E-state index contributed by atoms with van der Waals surface area (Å²) in [7, 11) is 0. The van der Waals surface area contributed by atoms with E-state index in [2.05, 4.69) is 12.1 Å². The van der Waals surface area contributed by atoms with E-state index >= 15 is 0 Å². The molecule has 120 valence electrons. The fourth-order valence-corrected chi connectivity index (χ4v) is 4.15. The Morgan fingerprint density at radius 1 is 0.958 bits per heavy atom. The number of rotatable bonds is 3. The van der Waals surface area contributed by atoms with Gasteiger partial charge in [0.1, 0.15) is 11.1 Å². The topological polar surface area (TPSA) is 33.5 Å². The summed E-state index contributed by atoms with van der Waals surface area (Å²) in [6.45, 7) is 0.745. The summed E-state index contributed by atoms with van der Waals surface area (Å²) in [5.41, 5.74) is 2.99. The van der Waals surface area contributed by atoms with E-state index in [1.54, 1.807) is 18.0 Å². The zero-order valence-corrected chi connectivity index (χ0v) is 13.9. The molecule has 1 amide bonds. The maximum atomic E-state index is 12.9. The van der Waals surface area contributed by atoms with Crippen molar-refractivity contribution in [3.05, 3.63) is 84.3 Å². The van der Waals surface area contributed by atoms with Crippen molar-refractivity contribution in [3.8, 4) is 11.1 Å². The van der Waals surface area contributed by atoms with Gasteiger partial charge in [0, 0.05) is 17.9 Å². The van der Waals surface area contributed by atoms with Gasteiger partial charge in [0.2, 0.25) is 0 Å². The second-order valence-corrected chi connectivity index (χ2v) is 6.87. The number of benzene rings is 2. The van der Waals surface area contributed by atoms with Gasteiger partial charge in [-0.25, -0.2) is 0 Å². The van der Waals surface area contributed by atoms with Crippen LogP contribution in [0.15, 0.2) is 77.4 Å². The van der Waals surface area contributed by atoms with E-state index < -0.39 is 0 Å². The highest BCUT2D eigenvalue weighted by Crippen LogP contribution is 2.38. The van der Waals surface area contributed by atoms with Gasteiger partial charge < -0.3 is 9.32 Å². The highest BCUT2D eigenvalue weighted by Gasteiger charge is 2.32. The molecule has 0 aliphatic carbocycles. The van der Waals surface area contributed by atoms with E-state index in [0.717, 1.165) is 29.2 Å².